The Hall–Kier alpha value is -2.33. The molecule has 0 spiro atoms. The summed E-state index contributed by atoms with van der Waals surface area (Å²) in [5.41, 5.74) is 8.18. The fraction of sp³-hybridized carbons (Fsp3) is 0.0667. The van der Waals surface area contributed by atoms with Crippen molar-refractivity contribution in [2.75, 3.05) is 5.73 Å². The van der Waals surface area contributed by atoms with E-state index in [1.807, 2.05) is 36.4 Å². The first-order valence-electron chi connectivity index (χ1n) is 6.14. The second-order valence-corrected chi connectivity index (χ2v) is 4.81. The highest BCUT2D eigenvalue weighted by Crippen LogP contribution is 2.21. The first kappa shape index (κ1) is 12.7. The number of nitrogens with two attached hydrogens (primary N) is 1. The molecule has 2 aromatic carbocycles. The summed E-state index contributed by atoms with van der Waals surface area (Å²) in [4.78, 5) is 4.37. The molecule has 0 unspecified atom stereocenters. The summed E-state index contributed by atoms with van der Waals surface area (Å²) in [6, 6.07) is 14.9. The molecule has 2 N–H and O–H groups in total. The van der Waals surface area contributed by atoms with Crippen LogP contribution in [0.4, 0.5) is 5.69 Å². The molecule has 0 aliphatic heterocycles. The van der Waals surface area contributed by atoms with Crippen molar-refractivity contribution in [2.45, 2.75) is 6.42 Å². The molecule has 0 atom stereocenters. The smallest absolute Gasteiger partial charge is 0.231 e. The molecule has 20 heavy (non-hydrogen) atoms. The van der Waals surface area contributed by atoms with E-state index in [2.05, 4.69) is 10.1 Å². The number of nitrogen functional groups attached to an aromatic ring is 1. The fourth-order valence-corrected chi connectivity index (χ4v) is 2.08. The van der Waals surface area contributed by atoms with Gasteiger partial charge >= 0.3 is 0 Å². The van der Waals surface area contributed by atoms with E-state index in [-0.39, 0.29) is 0 Å². The van der Waals surface area contributed by atoms with Gasteiger partial charge in [-0.05, 0) is 35.9 Å². The molecule has 1 aromatic heterocycles. The van der Waals surface area contributed by atoms with Gasteiger partial charge in [-0.1, -0.05) is 35.0 Å². The molecule has 0 bridgehead atoms. The zero-order valence-corrected chi connectivity index (χ0v) is 11.3. The van der Waals surface area contributed by atoms with Crippen molar-refractivity contribution in [1.82, 2.24) is 10.1 Å². The summed E-state index contributed by atoms with van der Waals surface area (Å²) in [6.07, 6.45) is 0.516. The fourth-order valence-electron chi connectivity index (χ4n) is 1.88. The monoisotopic (exact) mass is 285 g/mol. The van der Waals surface area contributed by atoms with Crippen molar-refractivity contribution in [3.8, 4) is 11.4 Å². The topological polar surface area (TPSA) is 64.9 Å². The molecule has 4 nitrogen and oxygen atoms in total. The quantitative estimate of drug-likeness (QED) is 0.747. The van der Waals surface area contributed by atoms with Gasteiger partial charge in [0.2, 0.25) is 11.7 Å². The molecule has 5 heteroatoms. The van der Waals surface area contributed by atoms with E-state index in [1.54, 1.807) is 12.1 Å². The van der Waals surface area contributed by atoms with Gasteiger partial charge in [0.15, 0.2) is 0 Å². The molecule has 0 aliphatic rings. The molecule has 0 radical (unpaired) electrons. The highest BCUT2D eigenvalue weighted by molar-refractivity contribution is 6.31. The van der Waals surface area contributed by atoms with Crippen molar-refractivity contribution >= 4 is 17.3 Å². The van der Waals surface area contributed by atoms with Crippen LogP contribution >= 0.6 is 11.6 Å². The summed E-state index contributed by atoms with van der Waals surface area (Å²) in [5, 5.41) is 4.67. The van der Waals surface area contributed by atoms with Crippen molar-refractivity contribution in [1.29, 1.82) is 0 Å². The van der Waals surface area contributed by atoms with Crippen LogP contribution in [-0.2, 0) is 6.42 Å². The Labute approximate surface area is 121 Å². The van der Waals surface area contributed by atoms with Crippen molar-refractivity contribution in [3.63, 3.8) is 0 Å². The predicted octanol–water partition coefficient (Wildman–Crippen LogP) is 3.56. The third kappa shape index (κ3) is 2.65. The van der Waals surface area contributed by atoms with E-state index < -0.39 is 0 Å². The van der Waals surface area contributed by atoms with E-state index in [0.29, 0.717) is 28.8 Å². The lowest BCUT2D eigenvalue weighted by Crippen LogP contribution is -1.90. The Kier molecular flexibility index (Phi) is 3.39. The van der Waals surface area contributed by atoms with Crippen LogP contribution in [0.15, 0.2) is 53.1 Å². The van der Waals surface area contributed by atoms with Gasteiger partial charge in [0.25, 0.3) is 0 Å². The van der Waals surface area contributed by atoms with Gasteiger partial charge in [-0.25, -0.2) is 0 Å². The Morgan fingerprint density at radius 2 is 1.80 bits per heavy atom. The molecule has 3 aromatic rings. The summed E-state index contributed by atoms with van der Waals surface area (Å²) in [6.45, 7) is 0. The van der Waals surface area contributed by atoms with Gasteiger partial charge in [-0.3, -0.25) is 0 Å². The second kappa shape index (κ2) is 5.35. The van der Waals surface area contributed by atoms with Gasteiger partial charge in [0.1, 0.15) is 0 Å². The molecular weight excluding hydrogens is 274 g/mol. The lowest BCUT2D eigenvalue weighted by Gasteiger charge is -1.98. The van der Waals surface area contributed by atoms with E-state index in [1.165, 1.54) is 0 Å². The maximum atomic E-state index is 6.11. The van der Waals surface area contributed by atoms with E-state index in [0.717, 1.165) is 11.1 Å². The number of nitrogens with zero attached hydrogens (tertiary/aromatic N) is 2. The van der Waals surface area contributed by atoms with Gasteiger partial charge in [-0.15, -0.1) is 0 Å². The number of benzene rings is 2. The SMILES string of the molecule is Nc1ccc(-c2noc(Cc3ccccc3Cl)n2)cc1. The number of halogens is 1. The van der Waals surface area contributed by atoms with Crippen LogP contribution in [0.2, 0.25) is 5.02 Å². The molecule has 100 valence electrons. The van der Waals surface area contributed by atoms with Crippen LogP contribution in [-0.4, -0.2) is 10.1 Å². The van der Waals surface area contributed by atoms with Crippen molar-refractivity contribution < 1.29 is 4.52 Å². The number of hydrogen-bond donors (Lipinski definition) is 1. The Morgan fingerprint density at radius 1 is 1.05 bits per heavy atom. The first-order valence-corrected chi connectivity index (χ1v) is 6.52. The predicted molar refractivity (Wildman–Crippen MR) is 78.4 cm³/mol. The van der Waals surface area contributed by atoms with Crippen molar-refractivity contribution in [3.05, 3.63) is 65.0 Å². The number of anilines is 1. The van der Waals surface area contributed by atoms with Gasteiger partial charge in [0.05, 0.1) is 6.42 Å². The van der Waals surface area contributed by atoms with Gasteiger partial charge in [0, 0.05) is 16.3 Å². The maximum absolute atomic E-state index is 6.11. The first-order chi connectivity index (χ1) is 9.72. The normalized spacial score (nSPS) is 10.7. The molecule has 0 amide bonds. The number of rotatable bonds is 3. The van der Waals surface area contributed by atoms with Crippen LogP contribution in [0, 0.1) is 0 Å². The average molecular weight is 286 g/mol. The minimum absolute atomic E-state index is 0.516. The molecule has 3 rings (SSSR count). The summed E-state index contributed by atoms with van der Waals surface area (Å²) >= 11 is 6.11. The van der Waals surface area contributed by atoms with E-state index in [9.17, 15) is 0 Å². The van der Waals surface area contributed by atoms with Crippen LogP contribution in [0.5, 0.6) is 0 Å². The third-order valence-electron chi connectivity index (χ3n) is 2.94. The maximum Gasteiger partial charge on any atom is 0.231 e. The number of aromatic nitrogens is 2. The molecule has 0 saturated heterocycles. The number of hydrogen-bond acceptors (Lipinski definition) is 4. The Morgan fingerprint density at radius 3 is 2.55 bits per heavy atom. The highest BCUT2D eigenvalue weighted by atomic mass is 35.5. The molecule has 0 aliphatic carbocycles. The average Bonchev–Trinajstić information content (AvgIpc) is 2.91. The lowest BCUT2D eigenvalue weighted by atomic mass is 10.1. The van der Waals surface area contributed by atoms with Gasteiger partial charge < -0.3 is 10.3 Å². The highest BCUT2D eigenvalue weighted by Gasteiger charge is 2.10. The standard InChI is InChI=1S/C15H12ClN3O/c16-13-4-2-1-3-11(13)9-14-18-15(19-20-14)10-5-7-12(17)8-6-10/h1-8H,9,17H2. The molecular formula is C15H12ClN3O. The van der Waals surface area contributed by atoms with E-state index in [4.69, 9.17) is 21.9 Å². The van der Waals surface area contributed by atoms with Crippen molar-refractivity contribution in [2.24, 2.45) is 0 Å². The summed E-state index contributed by atoms with van der Waals surface area (Å²) < 4.78 is 5.26. The summed E-state index contributed by atoms with van der Waals surface area (Å²) in [7, 11) is 0. The van der Waals surface area contributed by atoms with Crippen LogP contribution < -0.4 is 5.73 Å². The Bertz CT molecular complexity index is 722. The molecule has 0 fully saturated rings. The molecule has 1 heterocycles. The zero-order valence-electron chi connectivity index (χ0n) is 10.6. The Balaban J connectivity index is 1.84. The zero-order chi connectivity index (χ0) is 13.9. The van der Waals surface area contributed by atoms with E-state index >= 15 is 0 Å². The van der Waals surface area contributed by atoms with Crippen LogP contribution in [0.25, 0.3) is 11.4 Å². The third-order valence-corrected chi connectivity index (χ3v) is 3.31. The minimum atomic E-state index is 0.516. The summed E-state index contributed by atoms with van der Waals surface area (Å²) in [5.74, 6) is 1.08. The minimum Gasteiger partial charge on any atom is -0.399 e. The van der Waals surface area contributed by atoms with Gasteiger partial charge in [-0.2, -0.15) is 4.98 Å². The second-order valence-electron chi connectivity index (χ2n) is 4.40. The van der Waals surface area contributed by atoms with Crippen LogP contribution in [0.3, 0.4) is 0 Å². The molecule has 0 saturated carbocycles. The lowest BCUT2D eigenvalue weighted by molar-refractivity contribution is 0.386. The largest absolute Gasteiger partial charge is 0.399 e. The van der Waals surface area contributed by atoms with Crippen LogP contribution in [0.1, 0.15) is 11.5 Å².